The number of anilines is 1. The lowest BCUT2D eigenvalue weighted by Crippen LogP contribution is -2.05. The molecule has 0 spiro atoms. The van der Waals surface area contributed by atoms with E-state index in [0.29, 0.717) is 24.2 Å². The minimum atomic E-state index is 0.479. The number of methoxy groups -OCH3 is 1. The van der Waals surface area contributed by atoms with Crippen LogP contribution < -0.4 is 5.73 Å². The number of nitrogens with zero attached hydrogens (tertiary/aromatic N) is 2. The summed E-state index contributed by atoms with van der Waals surface area (Å²) in [7, 11) is 1.68. The molecule has 0 saturated heterocycles. The van der Waals surface area contributed by atoms with Crippen molar-refractivity contribution in [2.45, 2.75) is 26.9 Å². The third-order valence-electron chi connectivity index (χ3n) is 3.04. The second-order valence-electron chi connectivity index (χ2n) is 5.42. The summed E-state index contributed by atoms with van der Waals surface area (Å²) in [5.41, 5.74) is 9.00. The van der Waals surface area contributed by atoms with E-state index in [4.69, 9.17) is 10.5 Å². The zero-order chi connectivity index (χ0) is 15.4. The van der Waals surface area contributed by atoms with Gasteiger partial charge >= 0.3 is 0 Å². The Balaban J connectivity index is 2.44. The van der Waals surface area contributed by atoms with E-state index in [9.17, 15) is 0 Å². The van der Waals surface area contributed by atoms with Gasteiger partial charge in [-0.15, -0.1) is 0 Å². The molecule has 0 aliphatic rings. The highest BCUT2D eigenvalue weighted by Crippen LogP contribution is 2.27. The second-order valence-corrected chi connectivity index (χ2v) is 6.22. The lowest BCUT2D eigenvalue weighted by atomic mass is 10.1. The quantitative estimate of drug-likeness (QED) is 0.890. The first kappa shape index (κ1) is 15.9. The Bertz CT molecular complexity index is 629. The van der Waals surface area contributed by atoms with Crippen molar-refractivity contribution >= 4 is 21.7 Å². The molecule has 0 atom stereocenters. The van der Waals surface area contributed by atoms with Crippen LogP contribution in [0.4, 0.5) is 5.82 Å². The fourth-order valence-corrected chi connectivity index (χ4v) is 2.47. The summed E-state index contributed by atoms with van der Waals surface area (Å²) in [6, 6.07) is 8.02. The largest absolute Gasteiger partial charge is 0.383 e. The number of aromatic nitrogens is 2. The SMILES string of the molecule is COCc1cccc(-c2nc(N)c(Br)c(CC(C)C)n2)c1. The summed E-state index contributed by atoms with van der Waals surface area (Å²) in [5, 5.41) is 0. The topological polar surface area (TPSA) is 61.0 Å². The molecule has 0 amide bonds. The van der Waals surface area contributed by atoms with Crippen molar-refractivity contribution in [1.29, 1.82) is 0 Å². The first-order valence-electron chi connectivity index (χ1n) is 6.91. The fraction of sp³-hybridized carbons (Fsp3) is 0.375. The maximum Gasteiger partial charge on any atom is 0.161 e. The van der Waals surface area contributed by atoms with Crippen LogP contribution in [0.3, 0.4) is 0 Å². The Morgan fingerprint density at radius 2 is 2.05 bits per heavy atom. The molecular weight excluding hydrogens is 330 g/mol. The van der Waals surface area contributed by atoms with Gasteiger partial charge in [-0.05, 0) is 39.9 Å². The summed E-state index contributed by atoms with van der Waals surface area (Å²) in [5.74, 6) is 1.64. The number of halogens is 1. The first-order chi connectivity index (χ1) is 10.0. The van der Waals surface area contributed by atoms with Crippen LogP contribution in [0.5, 0.6) is 0 Å². The second kappa shape index (κ2) is 7.00. The Labute approximate surface area is 133 Å². The van der Waals surface area contributed by atoms with Crippen molar-refractivity contribution in [1.82, 2.24) is 9.97 Å². The first-order valence-corrected chi connectivity index (χ1v) is 7.70. The number of nitrogens with two attached hydrogens (primary N) is 1. The molecule has 0 fully saturated rings. The van der Waals surface area contributed by atoms with Crippen LogP contribution in [0.2, 0.25) is 0 Å². The molecule has 0 aliphatic carbocycles. The van der Waals surface area contributed by atoms with Crippen molar-refractivity contribution in [3.05, 3.63) is 40.0 Å². The van der Waals surface area contributed by atoms with Crippen molar-refractivity contribution in [2.24, 2.45) is 5.92 Å². The van der Waals surface area contributed by atoms with Gasteiger partial charge in [0.05, 0.1) is 16.8 Å². The molecule has 0 radical (unpaired) electrons. The predicted octanol–water partition coefficient (Wildman–Crippen LogP) is 3.83. The molecule has 0 aliphatic heterocycles. The van der Waals surface area contributed by atoms with E-state index in [1.807, 2.05) is 24.3 Å². The van der Waals surface area contributed by atoms with E-state index in [2.05, 4.69) is 39.7 Å². The Kier molecular flexibility index (Phi) is 5.31. The Hall–Kier alpha value is -1.46. The average Bonchev–Trinajstić information content (AvgIpc) is 2.44. The van der Waals surface area contributed by atoms with Crippen LogP contribution in [-0.4, -0.2) is 17.1 Å². The van der Waals surface area contributed by atoms with Gasteiger partial charge in [-0.3, -0.25) is 0 Å². The van der Waals surface area contributed by atoms with Gasteiger partial charge in [-0.25, -0.2) is 9.97 Å². The van der Waals surface area contributed by atoms with Crippen molar-refractivity contribution < 1.29 is 4.74 Å². The van der Waals surface area contributed by atoms with Crippen molar-refractivity contribution in [3.63, 3.8) is 0 Å². The number of benzene rings is 1. The average molecular weight is 350 g/mol. The van der Waals surface area contributed by atoms with Crippen LogP contribution in [0.25, 0.3) is 11.4 Å². The van der Waals surface area contributed by atoms with Gasteiger partial charge in [0.1, 0.15) is 5.82 Å². The molecule has 1 aromatic heterocycles. The molecule has 112 valence electrons. The molecule has 5 heteroatoms. The molecule has 2 N–H and O–H groups in total. The lowest BCUT2D eigenvalue weighted by molar-refractivity contribution is 0.185. The van der Waals surface area contributed by atoms with Crippen LogP contribution in [0, 0.1) is 5.92 Å². The van der Waals surface area contributed by atoms with Crippen molar-refractivity contribution in [3.8, 4) is 11.4 Å². The van der Waals surface area contributed by atoms with Crippen molar-refractivity contribution in [2.75, 3.05) is 12.8 Å². The van der Waals surface area contributed by atoms with Crippen LogP contribution in [0.1, 0.15) is 25.1 Å². The molecule has 2 rings (SSSR count). The third kappa shape index (κ3) is 4.02. The molecule has 21 heavy (non-hydrogen) atoms. The summed E-state index contributed by atoms with van der Waals surface area (Å²) in [6.07, 6.45) is 0.859. The fourth-order valence-electron chi connectivity index (χ4n) is 2.13. The molecule has 0 unspecified atom stereocenters. The molecule has 0 bridgehead atoms. The summed E-state index contributed by atoms with van der Waals surface area (Å²) in [4.78, 5) is 9.06. The van der Waals surface area contributed by atoms with E-state index >= 15 is 0 Å². The number of hydrogen-bond donors (Lipinski definition) is 1. The maximum atomic E-state index is 6.01. The number of rotatable bonds is 5. The minimum Gasteiger partial charge on any atom is -0.383 e. The van der Waals surface area contributed by atoms with Crippen LogP contribution >= 0.6 is 15.9 Å². The van der Waals surface area contributed by atoms with Gasteiger partial charge in [0.25, 0.3) is 0 Å². The third-order valence-corrected chi connectivity index (χ3v) is 3.91. The van der Waals surface area contributed by atoms with Crippen LogP contribution in [0.15, 0.2) is 28.7 Å². The van der Waals surface area contributed by atoms with Gasteiger partial charge in [-0.2, -0.15) is 0 Å². The minimum absolute atomic E-state index is 0.479. The Morgan fingerprint density at radius 1 is 1.29 bits per heavy atom. The van der Waals surface area contributed by atoms with E-state index in [0.717, 1.165) is 27.7 Å². The number of nitrogen functional groups attached to an aromatic ring is 1. The molecular formula is C16H20BrN3O. The van der Waals surface area contributed by atoms with E-state index in [1.165, 1.54) is 0 Å². The van der Waals surface area contributed by atoms with Gasteiger partial charge in [0.2, 0.25) is 0 Å². The van der Waals surface area contributed by atoms with E-state index in [-0.39, 0.29) is 0 Å². The Morgan fingerprint density at radius 3 is 2.71 bits per heavy atom. The van der Waals surface area contributed by atoms with Gasteiger partial charge in [0, 0.05) is 12.7 Å². The highest BCUT2D eigenvalue weighted by Gasteiger charge is 2.13. The summed E-state index contributed by atoms with van der Waals surface area (Å²) >= 11 is 3.48. The summed E-state index contributed by atoms with van der Waals surface area (Å²) < 4.78 is 5.96. The van der Waals surface area contributed by atoms with Gasteiger partial charge < -0.3 is 10.5 Å². The monoisotopic (exact) mass is 349 g/mol. The highest BCUT2D eigenvalue weighted by molar-refractivity contribution is 9.10. The normalized spacial score (nSPS) is 11.1. The zero-order valence-corrected chi connectivity index (χ0v) is 14.1. The maximum absolute atomic E-state index is 6.01. The number of hydrogen-bond acceptors (Lipinski definition) is 4. The smallest absolute Gasteiger partial charge is 0.161 e. The standard InChI is InChI=1S/C16H20BrN3O/c1-10(2)7-13-14(17)15(18)20-16(19-13)12-6-4-5-11(8-12)9-21-3/h4-6,8,10H,7,9H2,1-3H3,(H2,18,19,20). The van der Waals surface area contributed by atoms with Gasteiger partial charge in [0.15, 0.2) is 5.82 Å². The number of ether oxygens (including phenoxy) is 1. The predicted molar refractivity (Wildman–Crippen MR) is 88.8 cm³/mol. The summed E-state index contributed by atoms with van der Waals surface area (Å²) in [6.45, 7) is 4.88. The molecule has 4 nitrogen and oxygen atoms in total. The lowest BCUT2D eigenvalue weighted by Gasteiger charge is -2.11. The van der Waals surface area contributed by atoms with E-state index < -0.39 is 0 Å². The van der Waals surface area contributed by atoms with Crippen LogP contribution in [-0.2, 0) is 17.8 Å². The molecule has 2 aromatic rings. The molecule has 1 aromatic carbocycles. The zero-order valence-electron chi connectivity index (χ0n) is 12.6. The molecule has 1 heterocycles. The van der Waals surface area contributed by atoms with E-state index in [1.54, 1.807) is 7.11 Å². The highest BCUT2D eigenvalue weighted by atomic mass is 79.9. The van der Waals surface area contributed by atoms with Gasteiger partial charge in [-0.1, -0.05) is 32.0 Å². The molecule has 0 saturated carbocycles.